The molecule has 5 rings (SSSR count). The van der Waals surface area contributed by atoms with Crippen molar-refractivity contribution in [2.45, 2.75) is 19.9 Å². The van der Waals surface area contributed by atoms with Crippen LogP contribution < -0.4 is 10.3 Å². The number of hydrogen-bond donors (Lipinski definition) is 1. The zero-order valence-electron chi connectivity index (χ0n) is 19.3. The predicted molar refractivity (Wildman–Crippen MR) is 128 cm³/mol. The Kier molecular flexibility index (Phi) is 6.16. The van der Waals surface area contributed by atoms with Gasteiger partial charge in [-0.2, -0.15) is 10.4 Å². The van der Waals surface area contributed by atoms with Gasteiger partial charge in [0.15, 0.2) is 0 Å². The minimum atomic E-state index is -0.310. The molecule has 0 saturated carbocycles. The molecule has 35 heavy (non-hydrogen) atoms. The van der Waals surface area contributed by atoms with Gasteiger partial charge in [-0.3, -0.25) is 9.59 Å². The first kappa shape index (κ1) is 22.6. The number of benzene rings is 2. The summed E-state index contributed by atoms with van der Waals surface area (Å²) in [6, 6.07) is 12.8. The average Bonchev–Trinajstić information content (AvgIpc) is 3.28. The number of amides is 1. The Hall–Kier alpha value is -4.23. The normalized spacial score (nSPS) is 13.8. The second-order valence-corrected chi connectivity index (χ2v) is 8.22. The lowest BCUT2D eigenvalue weighted by molar-refractivity contribution is -0.136. The number of nitriles is 1. The van der Waals surface area contributed by atoms with Crippen LogP contribution in [0, 0.1) is 11.3 Å². The highest BCUT2D eigenvalue weighted by Gasteiger charge is 2.20. The van der Waals surface area contributed by atoms with E-state index in [0.29, 0.717) is 78.5 Å². The van der Waals surface area contributed by atoms with Crippen molar-refractivity contribution < 1.29 is 14.3 Å². The third kappa shape index (κ3) is 4.46. The van der Waals surface area contributed by atoms with Crippen LogP contribution in [0.4, 0.5) is 0 Å². The molecule has 10 heteroatoms. The first-order valence-corrected chi connectivity index (χ1v) is 11.5. The second-order valence-electron chi connectivity index (χ2n) is 8.22. The maximum Gasteiger partial charge on any atom is 0.275 e. The summed E-state index contributed by atoms with van der Waals surface area (Å²) in [6.07, 6.45) is 0.313. The molecule has 0 unspecified atom stereocenters. The van der Waals surface area contributed by atoms with Gasteiger partial charge in [-0.05, 0) is 19.1 Å². The van der Waals surface area contributed by atoms with E-state index in [1.54, 1.807) is 29.2 Å². The van der Waals surface area contributed by atoms with E-state index in [-0.39, 0.29) is 18.0 Å². The zero-order valence-corrected chi connectivity index (χ0v) is 19.3. The van der Waals surface area contributed by atoms with Gasteiger partial charge in [0, 0.05) is 24.5 Å². The SMILES string of the molecule is CCOc1cc2[nH]c(Cc3nn(CC(=O)N4CCOCC4)c(=O)c4ccccc34)nc2cc1C#N. The van der Waals surface area contributed by atoms with Gasteiger partial charge in [-0.15, -0.1) is 0 Å². The molecule has 1 N–H and O–H groups in total. The number of nitrogens with one attached hydrogen (secondary N) is 1. The molecule has 1 aliphatic rings. The van der Waals surface area contributed by atoms with Gasteiger partial charge in [0.1, 0.15) is 24.2 Å². The first-order chi connectivity index (χ1) is 17.1. The fourth-order valence-electron chi connectivity index (χ4n) is 4.28. The number of carbonyl (C=O) groups is 1. The van der Waals surface area contributed by atoms with E-state index in [4.69, 9.17) is 9.47 Å². The molecule has 2 aromatic heterocycles. The second kappa shape index (κ2) is 9.56. The summed E-state index contributed by atoms with van der Waals surface area (Å²) in [4.78, 5) is 35.5. The monoisotopic (exact) mass is 472 g/mol. The highest BCUT2D eigenvalue weighted by Crippen LogP contribution is 2.25. The van der Waals surface area contributed by atoms with Gasteiger partial charge in [-0.1, -0.05) is 18.2 Å². The molecule has 2 aromatic carbocycles. The Morgan fingerprint density at radius 2 is 2.00 bits per heavy atom. The number of fused-ring (bicyclic) bond motifs is 2. The lowest BCUT2D eigenvalue weighted by atomic mass is 10.1. The predicted octanol–water partition coefficient (Wildman–Crippen LogP) is 1.99. The largest absolute Gasteiger partial charge is 0.492 e. The summed E-state index contributed by atoms with van der Waals surface area (Å²) >= 11 is 0. The third-order valence-electron chi connectivity index (χ3n) is 5.98. The van der Waals surface area contributed by atoms with Crippen LogP contribution in [0.1, 0.15) is 24.0 Å². The first-order valence-electron chi connectivity index (χ1n) is 11.5. The van der Waals surface area contributed by atoms with Crippen LogP contribution in [-0.2, 0) is 22.5 Å². The minimum absolute atomic E-state index is 0.139. The van der Waals surface area contributed by atoms with E-state index in [1.807, 2.05) is 19.1 Å². The maximum atomic E-state index is 13.1. The van der Waals surface area contributed by atoms with Crippen molar-refractivity contribution in [3.63, 3.8) is 0 Å². The number of aromatic amines is 1. The van der Waals surface area contributed by atoms with Gasteiger partial charge in [0.2, 0.25) is 5.91 Å². The molecular formula is C25H24N6O4. The van der Waals surface area contributed by atoms with E-state index in [0.717, 1.165) is 5.52 Å². The van der Waals surface area contributed by atoms with E-state index in [9.17, 15) is 14.9 Å². The average molecular weight is 473 g/mol. The number of H-pyrrole nitrogens is 1. The highest BCUT2D eigenvalue weighted by atomic mass is 16.5. The Morgan fingerprint density at radius 1 is 1.23 bits per heavy atom. The molecule has 4 aromatic rings. The molecule has 0 spiro atoms. The number of rotatable bonds is 6. The molecule has 0 atom stereocenters. The van der Waals surface area contributed by atoms with Crippen molar-refractivity contribution in [2.24, 2.45) is 0 Å². The van der Waals surface area contributed by atoms with E-state index >= 15 is 0 Å². The third-order valence-corrected chi connectivity index (χ3v) is 5.98. The van der Waals surface area contributed by atoms with Gasteiger partial charge in [0.05, 0.1) is 53.9 Å². The molecule has 10 nitrogen and oxygen atoms in total. The zero-order chi connectivity index (χ0) is 24.4. The molecular weight excluding hydrogens is 448 g/mol. The van der Waals surface area contributed by atoms with Crippen LogP contribution in [0.2, 0.25) is 0 Å². The van der Waals surface area contributed by atoms with Crippen molar-refractivity contribution in [2.75, 3.05) is 32.9 Å². The van der Waals surface area contributed by atoms with Crippen molar-refractivity contribution in [3.05, 3.63) is 63.8 Å². The van der Waals surface area contributed by atoms with Crippen molar-refractivity contribution in [1.82, 2.24) is 24.6 Å². The molecule has 1 amide bonds. The number of carbonyl (C=O) groups excluding carboxylic acids is 1. The molecule has 0 aliphatic carbocycles. The minimum Gasteiger partial charge on any atom is -0.492 e. The summed E-state index contributed by atoms with van der Waals surface area (Å²) in [6.45, 7) is 4.15. The summed E-state index contributed by atoms with van der Waals surface area (Å²) in [5.41, 5.74) is 2.11. The number of imidazole rings is 1. The molecule has 178 valence electrons. The fourth-order valence-corrected chi connectivity index (χ4v) is 4.28. The van der Waals surface area contributed by atoms with Crippen LogP contribution in [0.5, 0.6) is 5.75 Å². The van der Waals surface area contributed by atoms with Gasteiger partial charge in [-0.25, -0.2) is 9.67 Å². The summed E-state index contributed by atoms with van der Waals surface area (Å²) in [5, 5.41) is 15.2. The van der Waals surface area contributed by atoms with Crippen molar-refractivity contribution in [1.29, 1.82) is 5.26 Å². The highest BCUT2D eigenvalue weighted by molar-refractivity contribution is 5.85. The lowest BCUT2D eigenvalue weighted by Crippen LogP contribution is -2.43. The summed E-state index contributed by atoms with van der Waals surface area (Å²) in [5.74, 6) is 0.955. The fraction of sp³-hybridized carbons (Fsp3) is 0.320. The van der Waals surface area contributed by atoms with Crippen molar-refractivity contribution in [3.8, 4) is 11.8 Å². The quantitative estimate of drug-likeness (QED) is 0.455. The Balaban J connectivity index is 1.51. The van der Waals surface area contributed by atoms with Crippen LogP contribution in [0.25, 0.3) is 21.8 Å². The van der Waals surface area contributed by atoms with E-state index in [1.165, 1.54) is 4.68 Å². The summed E-state index contributed by atoms with van der Waals surface area (Å²) < 4.78 is 12.1. The van der Waals surface area contributed by atoms with Crippen LogP contribution >= 0.6 is 0 Å². The van der Waals surface area contributed by atoms with Crippen molar-refractivity contribution >= 4 is 27.7 Å². The summed E-state index contributed by atoms with van der Waals surface area (Å²) in [7, 11) is 0. The van der Waals surface area contributed by atoms with E-state index < -0.39 is 0 Å². The number of ether oxygens (including phenoxy) is 2. The number of aromatic nitrogens is 4. The van der Waals surface area contributed by atoms with Gasteiger partial charge in [0.25, 0.3) is 5.56 Å². The van der Waals surface area contributed by atoms with E-state index in [2.05, 4.69) is 21.1 Å². The van der Waals surface area contributed by atoms with Gasteiger partial charge >= 0.3 is 0 Å². The Bertz CT molecular complexity index is 1510. The van der Waals surface area contributed by atoms with Gasteiger partial charge < -0.3 is 19.4 Å². The van der Waals surface area contributed by atoms with Crippen LogP contribution in [0.3, 0.4) is 0 Å². The number of hydrogen-bond acceptors (Lipinski definition) is 7. The molecule has 3 heterocycles. The Morgan fingerprint density at radius 3 is 2.74 bits per heavy atom. The molecule has 1 fully saturated rings. The van der Waals surface area contributed by atoms with Crippen LogP contribution in [0.15, 0.2) is 41.2 Å². The molecule has 0 radical (unpaired) electrons. The van der Waals surface area contributed by atoms with Crippen LogP contribution in [-0.4, -0.2) is 63.5 Å². The smallest absolute Gasteiger partial charge is 0.275 e. The number of nitrogens with zero attached hydrogens (tertiary/aromatic N) is 5. The molecule has 1 saturated heterocycles. The molecule has 0 bridgehead atoms. The molecule has 1 aliphatic heterocycles. The maximum absolute atomic E-state index is 13.1. The number of morpholine rings is 1. The standard InChI is InChI=1S/C25H24N6O4/c1-2-35-22-12-21-20(11-16(22)14-26)27-23(28-21)13-19-17-5-3-4-6-18(17)25(33)31(29-19)15-24(32)30-7-9-34-10-8-30/h3-6,11-12H,2,7-10,13,15H2,1H3,(H,27,28). The lowest BCUT2D eigenvalue weighted by Gasteiger charge is -2.26. The Labute approximate surface area is 200 Å². The topological polar surface area (TPSA) is 126 Å².